The summed E-state index contributed by atoms with van der Waals surface area (Å²) in [6.07, 6.45) is 3.35. The van der Waals surface area contributed by atoms with E-state index in [1.165, 1.54) is 12.1 Å². The number of benzene rings is 2. The van der Waals surface area contributed by atoms with E-state index in [1.807, 2.05) is 23.1 Å². The minimum atomic E-state index is -3.55. The maximum Gasteiger partial charge on any atom is 0.282 e. The van der Waals surface area contributed by atoms with Crippen molar-refractivity contribution in [3.05, 3.63) is 42.2 Å². The second kappa shape index (κ2) is 8.69. The third-order valence-electron chi connectivity index (χ3n) is 7.94. The van der Waals surface area contributed by atoms with Gasteiger partial charge >= 0.3 is 0 Å². The number of amides is 1. The van der Waals surface area contributed by atoms with E-state index in [1.54, 1.807) is 14.7 Å². The molecule has 4 aliphatic rings. The molecule has 3 aliphatic heterocycles. The van der Waals surface area contributed by atoms with Crippen molar-refractivity contribution in [3.63, 3.8) is 0 Å². The molecule has 0 radical (unpaired) electrons. The normalized spacial score (nSPS) is 24.4. The van der Waals surface area contributed by atoms with Crippen LogP contribution in [-0.2, 0) is 19.7 Å². The predicted molar refractivity (Wildman–Crippen MR) is 131 cm³/mol. The summed E-state index contributed by atoms with van der Waals surface area (Å²) in [5.74, 6) is -0.193. The first-order valence-corrected chi connectivity index (χ1v) is 13.9. The third kappa shape index (κ3) is 4.41. The van der Waals surface area contributed by atoms with Crippen LogP contribution in [0.3, 0.4) is 0 Å². The number of piperazine rings is 1. The number of carbonyl (C=O) groups is 1. The molecule has 4 fully saturated rings. The van der Waals surface area contributed by atoms with E-state index in [2.05, 4.69) is 4.90 Å². The van der Waals surface area contributed by atoms with E-state index < -0.39 is 15.8 Å². The monoisotopic (exact) mass is 502 g/mol. The lowest BCUT2D eigenvalue weighted by Gasteiger charge is -2.47. The molecule has 0 unspecified atom stereocenters. The van der Waals surface area contributed by atoms with Gasteiger partial charge in [0.15, 0.2) is 0 Å². The molecule has 0 bridgehead atoms. The van der Waals surface area contributed by atoms with Gasteiger partial charge < -0.3 is 14.5 Å². The van der Waals surface area contributed by atoms with Crippen molar-refractivity contribution in [2.24, 2.45) is 0 Å². The molecule has 1 amide bonds. The molecule has 1 aliphatic carbocycles. The fraction of sp³-hybridized carbons (Fsp3) is 0.560. The molecule has 0 atom stereocenters. The standard InChI is InChI=1S/C25H31FN4O4S/c26-21-3-1-20-16-23(4-2-19(20)15-21)27-11-13-29(14-12-27)35(32,33)28-9-7-25(8-10-28)18-30(22-5-6-22)24(31)17-34-25/h1-4,15-16,22H,5-14,17-18H2. The molecule has 3 heterocycles. The number of rotatable bonds is 4. The summed E-state index contributed by atoms with van der Waals surface area (Å²) in [7, 11) is -3.55. The van der Waals surface area contributed by atoms with Gasteiger partial charge in [0.05, 0.1) is 12.1 Å². The van der Waals surface area contributed by atoms with E-state index in [4.69, 9.17) is 4.74 Å². The molecule has 1 spiro atoms. The molecule has 0 aromatic heterocycles. The van der Waals surface area contributed by atoms with E-state index in [9.17, 15) is 17.6 Å². The number of nitrogens with zero attached hydrogens (tertiary/aromatic N) is 4. The Hall–Kier alpha value is -2.27. The SMILES string of the molecule is O=C1COC2(CCN(S(=O)(=O)N3CCN(c4ccc5cc(F)ccc5c4)CC3)CC2)CN1C1CC1. The van der Waals surface area contributed by atoms with Crippen molar-refractivity contribution in [3.8, 4) is 0 Å². The van der Waals surface area contributed by atoms with Gasteiger partial charge in [0.2, 0.25) is 5.91 Å². The molecule has 3 saturated heterocycles. The zero-order valence-electron chi connectivity index (χ0n) is 19.7. The molecular formula is C25H31FN4O4S. The Balaban J connectivity index is 1.07. The van der Waals surface area contributed by atoms with Crippen LogP contribution in [0.15, 0.2) is 36.4 Å². The molecule has 1 saturated carbocycles. The zero-order valence-corrected chi connectivity index (χ0v) is 20.6. The zero-order chi connectivity index (χ0) is 24.2. The van der Waals surface area contributed by atoms with Crippen LogP contribution in [0.2, 0.25) is 0 Å². The highest BCUT2D eigenvalue weighted by Crippen LogP contribution is 2.37. The first-order valence-electron chi connectivity index (χ1n) is 12.5. The Kier molecular flexibility index (Phi) is 5.75. The van der Waals surface area contributed by atoms with Crippen molar-refractivity contribution in [1.82, 2.24) is 13.5 Å². The number of ether oxygens (including phenoxy) is 1. The summed E-state index contributed by atoms with van der Waals surface area (Å²) < 4.78 is 49.4. The van der Waals surface area contributed by atoms with Crippen molar-refractivity contribution in [2.45, 2.75) is 37.3 Å². The first-order chi connectivity index (χ1) is 16.8. The molecular weight excluding hydrogens is 471 g/mol. The summed E-state index contributed by atoms with van der Waals surface area (Å²) in [6, 6.07) is 11.0. The van der Waals surface area contributed by atoms with Crippen molar-refractivity contribution >= 4 is 32.6 Å². The number of halogens is 1. The number of hydrogen-bond acceptors (Lipinski definition) is 5. The van der Waals surface area contributed by atoms with Crippen molar-refractivity contribution in [1.29, 1.82) is 0 Å². The topological polar surface area (TPSA) is 73.4 Å². The van der Waals surface area contributed by atoms with Crippen LogP contribution < -0.4 is 4.90 Å². The van der Waals surface area contributed by atoms with E-state index in [0.29, 0.717) is 64.7 Å². The van der Waals surface area contributed by atoms with E-state index in [-0.39, 0.29) is 18.3 Å². The molecule has 2 aromatic rings. The average molecular weight is 503 g/mol. The number of morpholine rings is 1. The van der Waals surface area contributed by atoms with E-state index in [0.717, 1.165) is 29.3 Å². The van der Waals surface area contributed by atoms with Gasteiger partial charge in [0.25, 0.3) is 10.2 Å². The second-order valence-electron chi connectivity index (χ2n) is 10.2. The Morgan fingerprint density at radius 3 is 2.26 bits per heavy atom. The summed E-state index contributed by atoms with van der Waals surface area (Å²) >= 11 is 0. The summed E-state index contributed by atoms with van der Waals surface area (Å²) in [5.41, 5.74) is 0.602. The van der Waals surface area contributed by atoms with Crippen LogP contribution >= 0.6 is 0 Å². The van der Waals surface area contributed by atoms with Gasteiger partial charge in [-0.05, 0) is 60.7 Å². The van der Waals surface area contributed by atoms with Gasteiger partial charge in [0.1, 0.15) is 12.4 Å². The molecule has 6 rings (SSSR count). The molecule has 2 aromatic carbocycles. The highest BCUT2D eigenvalue weighted by atomic mass is 32.2. The second-order valence-corrected chi connectivity index (χ2v) is 12.1. The van der Waals surface area contributed by atoms with Crippen LogP contribution in [0.5, 0.6) is 0 Å². The van der Waals surface area contributed by atoms with Crippen LogP contribution in [0.25, 0.3) is 10.8 Å². The highest BCUT2D eigenvalue weighted by Gasteiger charge is 2.48. The summed E-state index contributed by atoms with van der Waals surface area (Å²) in [5, 5.41) is 1.82. The smallest absolute Gasteiger partial charge is 0.282 e. The Morgan fingerprint density at radius 2 is 1.54 bits per heavy atom. The quantitative estimate of drug-likeness (QED) is 0.641. The summed E-state index contributed by atoms with van der Waals surface area (Å²) in [4.78, 5) is 16.3. The van der Waals surface area contributed by atoms with Gasteiger partial charge in [0, 0.05) is 51.0 Å². The van der Waals surface area contributed by atoms with Gasteiger partial charge in [-0.15, -0.1) is 0 Å². The largest absolute Gasteiger partial charge is 0.369 e. The maximum atomic E-state index is 13.5. The van der Waals surface area contributed by atoms with Gasteiger partial charge in [-0.25, -0.2) is 4.39 Å². The van der Waals surface area contributed by atoms with Crippen molar-refractivity contribution in [2.75, 3.05) is 57.3 Å². The molecule has 35 heavy (non-hydrogen) atoms. The van der Waals surface area contributed by atoms with Crippen LogP contribution in [-0.4, -0.2) is 91.9 Å². The average Bonchev–Trinajstić information content (AvgIpc) is 3.71. The molecule has 8 nitrogen and oxygen atoms in total. The Labute approximate surface area is 205 Å². The first kappa shape index (κ1) is 23.1. The lowest BCUT2D eigenvalue weighted by molar-refractivity contribution is -0.170. The molecule has 10 heteroatoms. The number of anilines is 1. The highest BCUT2D eigenvalue weighted by molar-refractivity contribution is 7.86. The maximum absolute atomic E-state index is 13.5. The minimum Gasteiger partial charge on any atom is -0.369 e. The van der Waals surface area contributed by atoms with Crippen LogP contribution in [0.4, 0.5) is 10.1 Å². The van der Waals surface area contributed by atoms with Gasteiger partial charge in [-0.2, -0.15) is 17.0 Å². The number of carbonyl (C=O) groups excluding carboxylic acids is 1. The lowest BCUT2D eigenvalue weighted by Crippen LogP contribution is -2.61. The number of piperidine rings is 1. The van der Waals surface area contributed by atoms with Gasteiger partial charge in [-0.1, -0.05) is 12.1 Å². The number of hydrogen-bond donors (Lipinski definition) is 0. The Bertz CT molecular complexity index is 1240. The minimum absolute atomic E-state index is 0.0598. The fourth-order valence-electron chi connectivity index (χ4n) is 5.63. The van der Waals surface area contributed by atoms with Crippen molar-refractivity contribution < 1.29 is 22.3 Å². The molecule has 0 N–H and O–H groups in total. The third-order valence-corrected chi connectivity index (χ3v) is 9.98. The fourth-order valence-corrected chi connectivity index (χ4v) is 7.22. The van der Waals surface area contributed by atoms with E-state index >= 15 is 0 Å². The van der Waals surface area contributed by atoms with Gasteiger partial charge in [-0.3, -0.25) is 4.79 Å². The number of fused-ring (bicyclic) bond motifs is 1. The molecule has 188 valence electrons. The summed E-state index contributed by atoms with van der Waals surface area (Å²) in [6.45, 7) is 3.57. The predicted octanol–water partition coefficient (Wildman–Crippen LogP) is 2.20. The van der Waals surface area contributed by atoms with Crippen LogP contribution in [0, 0.1) is 5.82 Å². The van der Waals surface area contributed by atoms with Crippen LogP contribution in [0.1, 0.15) is 25.7 Å². The Morgan fingerprint density at radius 1 is 0.886 bits per heavy atom. The lowest BCUT2D eigenvalue weighted by atomic mass is 9.90.